The first-order chi connectivity index (χ1) is 22.8. The number of phenolic OH excluding ortho intramolecular Hbond substituents is 1. The average Bonchev–Trinajstić information content (AvgIpc) is 3.04. The predicted molar refractivity (Wildman–Crippen MR) is 188 cm³/mol. The van der Waals surface area contributed by atoms with Crippen molar-refractivity contribution in [2.75, 3.05) is 19.5 Å². The van der Waals surface area contributed by atoms with Crippen molar-refractivity contribution in [2.24, 2.45) is 11.2 Å². The third-order valence-electron chi connectivity index (χ3n) is 8.43. The van der Waals surface area contributed by atoms with Gasteiger partial charge in [0.2, 0.25) is 0 Å². The van der Waals surface area contributed by atoms with Crippen molar-refractivity contribution in [1.82, 2.24) is 10.3 Å². The zero-order valence-electron chi connectivity index (χ0n) is 28.3. The molecule has 3 N–H and O–H groups in total. The number of carbonyl (C=O) groups is 1. The predicted octanol–water partition coefficient (Wildman–Crippen LogP) is 8.07. The molecule has 11 nitrogen and oxygen atoms in total. The van der Waals surface area contributed by atoms with Crippen LogP contribution in [0.3, 0.4) is 0 Å². The topological polar surface area (TPSA) is 151 Å². The second-order valence-electron chi connectivity index (χ2n) is 12.9. The van der Waals surface area contributed by atoms with Gasteiger partial charge in [-0.3, -0.25) is 0 Å². The van der Waals surface area contributed by atoms with E-state index in [1.54, 1.807) is 12.1 Å². The second-order valence-corrected chi connectivity index (χ2v) is 13.3. The lowest BCUT2D eigenvalue weighted by atomic mass is 9.87. The molecule has 258 valence electrons. The number of nitrogens with one attached hydrogen (secondary N) is 1. The summed E-state index contributed by atoms with van der Waals surface area (Å²) < 4.78 is 17.8. The summed E-state index contributed by atoms with van der Waals surface area (Å²) in [4.78, 5) is 34.9. The SMILES string of the molecule is CC1CCC(NC(=O)N(CCCl)N=O)CC1.COc1c(CC=C(C)C)c2c(c3oc(=O)c(-c4ccc(O)cc4)c(O)c13)C=CC(C)(C)O2. The molecule has 48 heavy (non-hydrogen) atoms. The maximum absolute atomic E-state index is 12.9. The third-order valence-corrected chi connectivity index (χ3v) is 8.60. The number of ether oxygens (including phenoxy) is 2. The van der Waals surface area contributed by atoms with Crippen LogP contribution >= 0.6 is 11.6 Å². The summed E-state index contributed by atoms with van der Waals surface area (Å²) in [6.45, 7) is 10.3. The number of methoxy groups -OCH3 is 1. The largest absolute Gasteiger partial charge is 0.508 e. The van der Waals surface area contributed by atoms with E-state index in [0.717, 1.165) is 47.7 Å². The summed E-state index contributed by atoms with van der Waals surface area (Å²) in [5, 5.41) is 27.5. The van der Waals surface area contributed by atoms with Crippen molar-refractivity contribution < 1.29 is 28.9 Å². The van der Waals surface area contributed by atoms with E-state index in [9.17, 15) is 24.7 Å². The Morgan fingerprint density at radius 2 is 1.83 bits per heavy atom. The monoisotopic (exact) mass is 681 g/mol. The number of halogens is 1. The average molecular weight is 682 g/mol. The Kier molecular flexibility index (Phi) is 11.8. The van der Waals surface area contributed by atoms with Gasteiger partial charge in [0.1, 0.15) is 39.5 Å². The molecule has 2 aromatic carbocycles. The highest BCUT2D eigenvalue weighted by atomic mass is 35.5. The normalized spacial score (nSPS) is 17.6. The number of nitroso groups, excluding NO2 is 1. The fourth-order valence-electron chi connectivity index (χ4n) is 5.81. The molecule has 0 atom stereocenters. The number of hydrogen-bond donors (Lipinski definition) is 3. The van der Waals surface area contributed by atoms with Gasteiger partial charge in [0, 0.05) is 17.5 Å². The van der Waals surface area contributed by atoms with Crippen LogP contribution in [0.2, 0.25) is 0 Å². The third kappa shape index (κ3) is 8.31. The van der Waals surface area contributed by atoms with Gasteiger partial charge in [-0.1, -0.05) is 30.7 Å². The molecular formula is C36H44ClN3O8. The first kappa shape index (κ1) is 36.3. The number of rotatable bonds is 8. The van der Waals surface area contributed by atoms with Crippen molar-refractivity contribution >= 4 is 34.7 Å². The summed E-state index contributed by atoms with van der Waals surface area (Å²) in [6.07, 6.45) is 10.5. The van der Waals surface area contributed by atoms with E-state index < -0.39 is 17.3 Å². The van der Waals surface area contributed by atoms with E-state index in [1.807, 2.05) is 39.8 Å². The first-order valence-corrected chi connectivity index (χ1v) is 16.5. The zero-order valence-corrected chi connectivity index (χ0v) is 29.0. The lowest BCUT2D eigenvalue weighted by Gasteiger charge is -2.31. The zero-order chi connectivity index (χ0) is 35.2. The van der Waals surface area contributed by atoms with Gasteiger partial charge >= 0.3 is 11.7 Å². The summed E-state index contributed by atoms with van der Waals surface area (Å²) >= 11 is 5.46. The summed E-state index contributed by atoms with van der Waals surface area (Å²) in [5.74, 6) is 1.72. The molecular weight excluding hydrogens is 638 g/mol. The maximum atomic E-state index is 12.9. The van der Waals surface area contributed by atoms with Crippen molar-refractivity contribution in [3.63, 3.8) is 0 Å². The fraction of sp³-hybridized carbons (Fsp3) is 0.444. The summed E-state index contributed by atoms with van der Waals surface area (Å²) in [5.41, 5.74) is 1.85. The Labute approximate surface area is 285 Å². The Morgan fingerprint density at radius 3 is 2.42 bits per heavy atom. The Morgan fingerprint density at radius 1 is 1.17 bits per heavy atom. The Bertz CT molecular complexity index is 1750. The number of nitrogens with zero attached hydrogens (tertiary/aromatic N) is 2. The van der Waals surface area contributed by atoms with E-state index in [1.165, 1.54) is 19.2 Å². The Hall–Kier alpha value is -4.51. The number of urea groups is 1. The quantitative estimate of drug-likeness (QED) is 0.0710. The molecule has 1 aromatic heterocycles. The number of phenols is 1. The maximum Gasteiger partial charge on any atom is 0.348 e. The number of hydrogen-bond acceptors (Lipinski definition) is 9. The van der Waals surface area contributed by atoms with Crippen LogP contribution < -0.4 is 20.4 Å². The molecule has 2 amide bonds. The standard InChI is InChI=1S/C26H26O6.C10H18ClN3O2/c1-14(2)6-11-17-22-18(12-13-26(3,4)32-22)24-20(23(17)30-5)21(28)19(25(29)31-24)15-7-9-16(27)10-8-15;1-8-2-4-9(5-3-8)12-10(15)14(13-16)7-6-11/h6-10,12-13,27-28H,11H2,1-5H3;8-9H,2-7H2,1H3,(H,12,15). The lowest BCUT2D eigenvalue weighted by molar-refractivity contribution is 0.157. The minimum absolute atomic E-state index is 0.00458. The van der Waals surface area contributed by atoms with E-state index >= 15 is 0 Å². The second kappa shape index (κ2) is 15.6. The van der Waals surface area contributed by atoms with Gasteiger partial charge < -0.3 is 29.4 Å². The van der Waals surface area contributed by atoms with Crippen LogP contribution in [0.25, 0.3) is 28.2 Å². The molecule has 2 aliphatic rings. The highest BCUT2D eigenvalue weighted by Crippen LogP contribution is 2.49. The smallest absolute Gasteiger partial charge is 0.348 e. The minimum Gasteiger partial charge on any atom is -0.508 e. The molecule has 0 radical (unpaired) electrons. The van der Waals surface area contributed by atoms with E-state index in [0.29, 0.717) is 34.4 Å². The number of alkyl halides is 1. The van der Waals surface area contributed by atoms with Crippen LogP contribution in [0, 0.1) is 10.8 Å². The van der Waals surface area contributed by atoms with E-state index in [-0.39, 0.29) is 41.1 Å². The lowest BCUT2D eigenvalue weighted by Crippen LogP contribution is -2.44. The molecule has 5 rings (SSSR count). The van der Waals surface area contributed by atoms with Crippen LogP contribution in [0.5, 0.6) is 23.0 Å². The highest BCUT2D eigenvalue weighted by Gasteiger charge is 2.32. The highest BCUT2D eigenvalue weighted by molar-refractivity contribution is 6.18. The first-order valence-electron chi connectivity index (χ1n) is 16.0. The van der Waals surface area contributed by atoms with Crippen molar-refractivity contribution in [3.05, 3.63) is 68.4 Å². The molecule has 1 fully saturated rings. The summed E-state index contributed by atoms with van der Waals surface area (Å²) in [6, 6.07) is 5.72. The molecule has 1 saturated carbocycles. The van der Waals surface area contributed by atoms with Crippen LogP contribution in [0.4, 0.5) is 4.79 Å². The molecule has 0 spiro atoms. The molecule has 1 aliphatic carbocycles. The van der Waals surface area contributed by atoms with Gasteiger partial charge in [-0.15, -0.1) is 16.5 Å². The van der Waals surface area contributed by atoms with Gasteiger partial charge in [-0.2, -0.15) is 5.01 Å². The number of benzene rings is 2. The van der Waals surface area contributed by atoms with Crippen LogP contribution in [0.1, 0.15) is 71.4 Å². The van der Waals surface area contributed by atoms with Crippen LogP contribution in [0.15, 0.2) is 56.5 Å². The fourth-order valence-corrected chi connectivity index (χ4v) is 5.97. The van der Waals surface area contributed by atoms with Crippen LogP contribution in [-0.2, 0) is 6.42 Å². The number of amides is 2. The summed E-state index contributed by atoms with van der Waals surface area (Å²) in [7, 11) is 1.52. The van der Waals surface area contributed by atoms with Gasteiger partial charge in [-0.25, -0.2) is 9.59 Å². The molecule has 3 aromatic rings. The molecule has 0 unspecified atom stereocenters. The van der Waals surface area contributed by atoms with Crippen molar-refractivity contribution in [1.29, 1.82) is 0 Å². The van der Waals surface area contributed by atoms with Gasteiger partial charge in [0.15, 0.2) is 5.58 Å². The number of aromatic hydroxyl groups is 2. The minimum atomic E-state index is -0.694. The molecule has 2 heterocycles. The molecule has 0 bridgehead atoms. The van der Waals surface area contributed by atoms with E-state index in [4.69, 9.17) is 25.5 Å². The van der Waals surface area contributed by atoms with Crippen molar-refractivity contribution in [3.8, 4) is 34.1 Å². The number of allylic oxidation sites excluding steroid dienone is 2. The number of fused-ring (bicyclic) bond motifs is 3. The van der Waals surface area contributed by atoms with Gasteiger partial charge in [0.25, 0.3) is 0 Å². The Balaban J connectivity index is 0.000000274. The van der Waals surface area contributed by atoms with Gasteiger partial charge in [0.05, 0.1) is 24.5 Å². The van der Waals surface area contributed by atoms with E-state index in [2.05, 4.69) is 23.6 Å². The van der Waals surface area contributed by atoms with Crippen LogP contribution in [-0.4, -0.2) is 52.4 Å². The van der Waals surface area contributed by atoms with Gasteiger partial charge in [-0.05, 0) is 95.6 Å². The molecule has 0 saturated heterocycles. The molecule has 1 aliphatic heterocycles. The molecule has 12 heteroatoms. The van der Waals surface area contributed by atoms with Crippen molar-refractivity contribution in [2.45, 2.75) is 78.4 Å². The number of carbonyl (C=O) groups excluding carboxylic acids is 1.